The lowest BCUT2D eigenvalue weighted by Gasteiger charge is -2.09. The summed E-state index contributed by atoms with van der Waals surface area (Å²) >= 11 is 4.63. The van der Waals surface area contributed by atoms with Crippen LogP contribution in [0.25, 0.3) is 0 Å². The van der Waals surface area contributed by atoms with E-state index in [1.165, 1.54) is 48.0 Å². The van der Waals surface area contributed by atoms with Crippen LogP contribution < -0.4 is 0 Å². The van der Waals surface area contributed by atoms with Crippen LogP contribution in [0.4, 0.5) is 0 Å². The lowest BCUT2D eigenvalue weighted by atomic mass is 10.00. The molecule has 2 rings (SSSR count). The number of H-pyrrole nitrogens is 1. The Morgan fingerprint density at radius 1 is 1.07 bits per heavy atom. The Kier molecular flexibility index (Phi) is 4.10. The van der Waals surface area contributed by atoms with Gasteiger partial charge < -0.3 is 4.98 Å². The molecule has 1 N–H and O–H groups in total. The van der Waals surface area contributed by atoms with E-state index in [2.05, 4.69) is 55.1 Å². The van der Waals surface area contributed by atoms with E-state index in [0.717, 1.165) is 3.70 Å². The van der Waals surface area contributed by atoms with E-state index in [-0.39, 0.29) is 0 Å². The van der Waals surface area contributed by atoms with E-state index in [1.54, 1.807) is 0 Å². The van der Waals surface area contributed by atoms with E-state index in [4.69, 9.17) is 0 Å². The van der Waals surface area contributed by atoms with Gasteiger partial charge in [-0.25, -0.2) is 4.98 Å². The van der Waals surface area contributed by atoms with Crippen molar-refractivity contribution in [2.45, 2.75) is 44.4 Å². The van der Waals surface area contributed by atoms with E-state index < -0.39 is 0 Å². The predicted molar refractivity (Wildman–Crippen MR) is 74.5 cm³/mol. The van der Waals surface area contributed by atoms with E-state index >= 15 is 0 Å². The smallest absolute Gasteiger partial charge is 0.133 e. The second-order valence-electron chi connectivity index (χ2n) is 3.92. The number of hydrogen-bond acceptors (Lipinski definition) is 1. The average Bonchev–Trinajstić information content (AvgIpc) is 2.46. The van der Waals surface area contributed by atoms with Crippen LogP contribution in [0.1, 0.15) is 50.3 Å². The number of nitrogens with one attached hydrogen (secondary N) is 1. The molecular formula is C10H14I2N2. The molecule has 14 heavy (non-hydrogen) atoms. The lowest BCUT2D eigenvalue weighted by molar-refractivity contribution is 0.565. The monoisotopic (exact) mass is 416 g/mol. The zero-order valence-electron chi connectivity index (χ0n) is 8.02. The summed E-state index contributed by atoms with van der Waals surface area (Å²) in [7, 11) is 0. The van der Waals surface area contributed by atoms with Gasteiger partial charge in [-0.05, 0) is 58.0 Å². The van der Waals surface area contributed by atoms with Crippen LogP contribution >= 0.6 is 45.2 Å². The third-order valence-corrected chi connectivity index (χ3v) is 5.47. The molecule has 1 heterocycles. The van der Waals surface area contributed by atoms with Crippen LogP contribution in [0.3, 0.4) is 0 Å². The first-order chi connectivity index (χ1) is 6.77. The first-order valence-electron chi connectivity index (χ1n) is 5.18. The highest BCUT2D eigenvalue weighted by Crippen LogP contribution is 2.30. The molecule has 0 unspecified atom stereocenters. The average molecular weight is 416 g/mol. The Bertz CT molecular complexity index is 282. The second-order valence-corrected chi connectivity index (χ2v) is 6.02. The minimum Gasteiger partial charge on any atom is -0.336 e. The Labute approximate surface area is 112 Å². The first kappa shape index (κ1) is 11.2. The minimum absolute atomic E-state index is 0.689. The van der Waals surface area contributed by atoms with Crippen molar-refractivity contribution < 1.29 is 0 Å². The maximum atomic E-state index is 4.60. The Hall–Kier alpha value is 0.670. The fourth-order valence-electron chi connectivity index (χ4n) is 2.09. The Morgan fingerprint density at radius 3 is 2.21 bits per heavy atom. The molecule has 1 aliphatic carbocycles. The zero-order chi connectivity index (χ0) is 9.97. The molecule has 1 aromatic heterocycles. The molecule has 1 saturated carbocycles. The Morgan fingerprint density at radius 2 is 1.71 bits per heavy atom. The molecule has 4 heteroatoms. The van der Waals surface area contributed by atoms with Crippen molar-refractivity contribution in [3.05, 3.63) is 13.2 Å². The number of aromatic nitrogens is 2. The molecule has 1 aromatic rings. The molecule has 0 radical (unpaired) electrons. The standard InChI is InChI=1S/C10H14I2N2/c11-8-9(12)14-10(13-8)7-5-3-1-2-4-6-7/h7H,1-6H2,(H,13,14). The molecular weight excluding hydrogens is 402 g/mol. The van der Waals surface area contributed by atoms with Gasteiger partial charge in [0.1, 0.15) is 13.2 Å². The number of nitrogens with zero attached hydrogens (tertiary/aromatic N) is 1. The van der Waals surface area contributed by atoms with Crippen LogP contribution in [-0.2, 0) is 0 Å². The second kappa shape index (κ2) is 5.14. The summed E-state index contributed by atoms with van der Waals surface area (Å²) < 4.78 is 2.32. The largest absolute Gasteiger partial charge is 0.336 e. The van der Waals surface area contributed by atoms with Crippen LogP contribution in [0, 0.1) is 7.40 Å². The molecule has 2 nitrogen and oxygen atoms in total. The van der Waals surface area contributed by atoms with E-state index in [9.17, 15) is 0 Å². The fraction of sp³-hybridized carbons (Fsp3) is 0.700. The summed E-state index contributed by atoms with van der Waals surface area (Å²) in [5.74, 6) is 1.91. The van der Waals surface area contributed by atoms with Crippen molar-refractivity contribution in [2.75, 3.05) is 0 Å². The van der Waals surface area contributed by atoms with Gasteiger partial charge in [-0.1, -0.05) is 25.7 Å². The van der Waals surface area contributed by atoms with Gasteiger partial charge in [0.25, 0.3) is 0 Å². The van der Waals surface area contributed by atoms with Crippen molar-refractivity contribution in [3.63, 3.8) is 0 Å². The van der Waals surface area contributed by atoms with Gasteiger partial charge >= 0.3 is 0 Å². The van der Waals surface area contributed by atoms with Crippen LogP contribution in [0.5, 0.6) is 0 Å². The summed E-state index contributed by atoms with van der Waals surface area (Å²) in [6.07, 6.45) is 8.20. The Balaban J connectivity index is 2.12. The first-order valence-corrected chi connectivity index (χ1v) is 7.34. The number of rotatable bonds is 1. The van der Waals surface area contributed by atoms with Gasteiger partial charge in [0.2, 0.25) is 0 Å². The molecule has 0 amide bonds. The fourth-order valence-corrected chi connectivity index (χ4v) is 2.88. The van der Waals surface area contributed by atoms with Crippen LogP contribution in [-0.4, -0.2) is 9.97 Å². The van der Waals surface area contributed by atoms with Gasteiger partial charge in [-0.15, -0.1) is 0 Å². The van der Waals surface area contributed by atoms with E-state index in [1.807, 2.05) is 0 Å². The maximum Gasteiger partial charge on any atom is 0.133 e. The zero-order valence-corrected chi connectivity index (χ0v) is 12.3. The molecule has 0 aliphatic heterocycles. The van der Waals surface area contributed by atoms with Crippen LogP contribution in [0.2, 0.25) is 0 Å². The molecule has 1 aliphatic rings. The number of halogens is 2. The highest BCUT2D eigenvalue weighted by Gasteiger charge is 2.18. The minimum atomic E-state index is 0.689. The van der Waals surface area contributed by atoms with Crippen molar-refractivity contribution in [3.8, 4) is 0 Å². The molecule has 0 saturated heterocycles. The van der Waals surface area contributed by atoms with Crippen LogP contribution in [0.15, 0.2) is 0 Å². The van der Waals surface area contributed by atoms with Crippen molar-refractivity contribution >= 4 is 45.2 Å². The molecule has 78 valence electrons. The number of hydrogen-bond donors (Lipinski definition) is 1. The molecule has 1 fully saturated rings. The summed E-state index contributed by atoms with van der Waals surface area (Å²) in [6.45, 7) is 0. The number of aromatic amines is 1. The van der Waals surface area contributed by atoms with Crippen molar-refractivity contribution in [1.29, 1.82) is 0 Å². The lowest BCUT2D eigenvalue weighted by Crippen LogP contribution is -1.99. The SMILES string of the molecule is Ic1nc(C2CCCCCC2)[nH]c1I. The summed E-state index contributed by atoms with van der Waals surface area (Å²) in [5.41, 5.74) is 0. The number of imidazole rings is 1. The molecule has 0 aromatic carbocycles. The quantitative estimate of drug-likeness (QED) is 0.543. The highest BCUT2D eigenvalue weighted by molar-refractivity contribution is 14.1. The van der Waals surface area contributed by atoms with Gasteiger partial charge in [0.05, 0.1) is 0 Å². The topological polar surface area (TPSA) is 28.7 Å². The third kappa shape index (κ3) is 2.62. The summed E-state index contributed by atoms with van der Waals surface area (Å²) in [4.78, 5) is 8.01. The molecule has 0 atom stereocenters. The molecule has 0 spiro atoms. The highest BCUT2D eigenvalue weighted by atomic mass is 127. The van der Waals surface area contributed by atoms with Gasteiger partial charge in [-0.3, -0.25) is 0 Å². The normalized spacial score (nSPS) is 19.6. The third-order valence-electron chi connectivity index (χ3n) is 2.88. The van der Waals surface area contributed by atoms with Gasteiger partial charge in [0, 0.05) is 5.92 Å². The maximum absolute atomic E-state index is 4.60. The van der Waals surface area contributed by atoms with Crippen molar-refractivity contribution in [2.24, 2.45) is 0 Å². The predicted octanol–water partition coefficient (Wildman–Crippen LogP) is 4.06. The van der Waals surface area contributed by atoms with E-state index in [0.29, 0.717) is 5.92 Å². The summed E-state index contributed by atoms with van der Waals surface area (Å²) in [5, 5.41) is 0. The van der Waals surface area contributed by atoms with Gasteiger partial charge in [0.15, 0.2) is 0 Å². The molecule has 0 bridgehead atoms. The van der Waals surface area contributed by atoms with Gasteiger partial charge in [-0.2, -0.15) is 0 Å². The summed E-state index contributed by atoms with van der Waals surface area (Å²) in [6, 6.07) is 0. The van der Waals surface area contributed by atoms with Crippen molar-refractivity contribution in [1.82, 2.24) is 9.97 Å².